The van der Waals surface area contributed by atoms with Gasteiger partial charge in [0.15, 0.2) is 0 Å². The molecule has 3 amide bonds. The van der Waals surface area contributed by atoms with Gasteiger partial charge in [-0.2, -0.15) is 0 Å². The summed E-state index contributed by atoms with van der Waals surface area (Å²) in [6, 6.07) is 0.0291. The summed E-state index contributed by atoms with van der Waals surface area (Å²) in [6.45, 7) is 7.38. The van der Waals surface area contributed by atoms with Crippen LogP contribution < -0.4 is 10.6 Å². The second-order valence-corrected chi connectivity index (χ2v) is 7.48. The number of amides is 3. The van der Waals surface area contributed by atoms with Crippen molar-refractivity contribution in [3.8, 4) is 0 Å². The van der Waals surface area contributed by atoms with Crippen LogP contribution in [0.3, 0.4) is 0 Å². The van der Waals surface area contributed by atoms with Crippen molar-refractivity contribution in [1.29, 1.82) is 0 Å². The smallest absolute Gasteiger partial charge is 0.317 e. The summed E-state index contributed by atoms with van der Waals surface area (Å²) in [5.41, 5.74) is 0. The van der Waals surface area contributed by atoms with Crippen LogP contribution >= 0.6 is 0 Å². The van der Waals surface area contributed by atoms with E-state index >= 15 is 0 Å². The Morgan fingerprint density at radius 1 is 1.21 bits per heavy atom. The fourth-order valence-electron chi connectivity index (χ4n) is 3.85. The van der Waals surface area contributed by atoms with Crippen molar-refractivity contribution in [3.63, 3.8) is 0 Å². The largest absolute Gasteiger partial charge is 0.378 e. The first-order valence-corrected chi connectivity index (χ1v) is 9.36. The summed E-state index contributed by atoms with van der Waals surface area (Å²) in [5.74, 6) is 1.38. The summed E-state index contributed by atoms with van der Waals surface area (Å²) < 4.78 is 5.89. The molecule has 0 unspecified atom stereocenters. The summed E-state index contributed by atoms with van der Waals surface area (Å²) in [5, 5.41) is 5.77. The molecule has 2 atom stereocenters. The Morgan fingerprint density at radius 3 is 2.54 bits per heavy atom. The molecule has 2 heterocycles. The molecule has 0 spiro atoms. The molecule has 0 aromatic heterocycles. The number of piperidine rings is 1. The standard InChI is InChI=1S/C18H33N3O3/c1-13(2)17-15(5-4-10-24-17)12-20-18(23)21-8-6-14(7-9-21)11-16(22)19-3/h13-15,17H,4-12H2,1-3H3,(H,19,22)(H,20,23)/t15-,17-/m1/s1. The van der Waals surface area contributed by atoms with Crippen LogP contribution in [-0.2, 0) is 9.53 Å². The first-order valence-electron chi connectivity index (χ1n) is 9.36. The van der Waals surface area contributed by atoms with E-state index < -0.39 is 0 Å². The highest BCUT2D eigenvalue weighted by atomic mass is 16.5. The highest BCUT2D eigenvalue weighted by molar-refractivity contribution is 5.76. The van der Waals surface area contributed by atoms with E-state index in [1.807, 2.05) is 4.90 Å². The lowest BCUT2D eigenvalue weighted by Gasteiger charge is -2.36. The van der Waals surface area contributed by atoms with Crippen LogP contribution in [0.2, 0.25) is 0 Å². The number of hydrogen-bond acceptors (Lipinski definition) is 3. The maximum atomic E-state index is 12.4. The highest BCUT2D eigenvalue weighted by Crippen LogP contribution is 2.26. The zero-order valence-corrected chi connectivity index (χ0v) is 15.3. The number of likely N-dealkylation sites (tertiary alicyclic amines) is 1. The second kappa shape index (κ2) is 9.25. The van der Waals surface area contributed by atoms with E-state index in [-0.39, 0.29) is 18.0 Å². The normalized spacial score (nSPS) is 25.6. The molecule has 0 aromatic rings. The molecule has 0 bridgehead atoms. The summed E-state index contributed by atoms with van der Waals surface area (Å²) in [6.07, 6.45) is 4.83. The van der Waals surface area contributed by atoms with Gasteiger partial charge in [-0.25, -0.2) is 4.79 Å². The Morgan fingerprint density at radius 2 is 1.92 bits per heavy atom. The van der Waals surface area contributed by atoms with Gasteiger partial charge in [-0.3, -0.25) is 4.79 Å². The van der Waals surface area contributed by atoms with E-state index in [1.165, 1.54) is 0 Å². The van der Waals surface area contributed by atoms with Gasteiger partial charge in [-0.05, 0) is 37.5 Å². The molecular formula is C18H33N3O3. The average Bonchev–Trinajstić information content (AvgIpc) is 2.60. The lowest BCUT2D eigenvalue weighted by atomic mass is 9.87. The quantitative estimate of drug-likeness (QED) is 0.805. The van der Waals surface area contributed by atoms with Crippen LogP contribution in [-0.4, -0.2) is 56.2 Å². The molecule has 2 aliphatic rings. The number of hydrogen-bond donors (Lipinski definition) is 2. The van der Waals surface area contributed by atoms with Gasteiger partial charge in [-0.1, -0.05) is 13.8 Å². The molecule has 2 rings (SSSR count). The minimum atomic E-state index is 0.0291. The lowest BCUT2D eigenvalue weighted by Crippen LogP contribution is -2.48. The Labute approximate surface area is 145 Å². The third-order valence-electron chi connectivity index (χ3n) is 5.32. The van der Waals surface area contributed by atoms with Gasteiger partial charge in [0.25, 0.3) is 0 Å². The zero-order valence-electron chi connectivity index (χ0n) is 15.3. The fourth-order valence-corrected chi connectivity index (χ4v) is 3.85. The fraction of sp³-hybridized carbons (Fsp3) is 0.889. The maximum absolute atomic E-state index is 12.4. The third kappa shape index (κ3) is 5.36. The Hall–Kier alpha value is -1.30. The minimum absolute atomic E-state index is 0.0291. The molecule has 6 heteroatoms. The number of carbonyl (C=O) groups excluding carboxylic acids is 2. The Balaban J connectivity index is 1.72. The molecule has 0 aromatic carbocycles. The van der Waals surface area contributed by atoms with Gasteiger partial charge in [0, 0.05) is 45.6 Å². The SMILES string of the molecule is CNC(=O)CC1CCN(C(=O)NC[C@H]2CCCO[C@@H]2C(C)C)CC1. The lowest BCUT2D eigenvalue weighted by molar-refractivity contribution is -0.121. The van der Waals surface area contributed by atoms with Crippen molar-refractivity contribution in [2.45, 2.75) is 52.1 Å². The first-order chi connectivity index (χ1) is 11.5. The predicted octanol–water partition coefficient (Wildman–Crippen LogP) is 2.00. The molecular weight excluding hydrogens is 306 g/mol. The van der Waals surface area contributed by atoms with Crippen LogP contribution in [0.5, 0.6) is 0 Å². The molecule has 2 fully saturated rings. The minimum Gasteiger partial charge on any atom is -0.378 e. The van der Waals surface area contributed by atoms with Gasteiger partial charge >= 0.3 is 6.03 Å². The van der Waals surface area contributed by atoms with Gasteiger partial charge in [0.05, 0.1) is 6.10 Å². The molecule has 2 aliphatic heterocycles. The Bertz CT molecular complexity index is 420. The molecule has 2 saturated heterocycles. The number of nitrogens with one attached hydrogen (secondary N) is 2. The number of urea groups is 1. The van der Waals surface area contributed by atoms with E-state index in [0.29, 0.717) is 30.7 Å². The second-order valence-electron chi connectivity index (χ2n) is 7.48. The molecule has 0 radical (unpaired) electrons. The molecule has 0 aliphatic carbocycles. The van der Waals surface area contributed by atoms with Crippen LogP contribution in [0.15, 0.2) is 0 Å². The maximum Gasteiger partial charge on any atom is 0.317 e. The Kier molecular flexibility index (Phi) is 7.34. The van der Waals surface area contributed by atoms with Crippen LogP contribution in [0.1, 0.15) is 46.0 Å². The third-order valence-corrected chi connectivity index (χ3v) is 5.32. The van der Waals surface area contributed by atoms with Gasteiger partial charge < -0.3 is 20.3 Å². The van der Waals surface area contributed by atoms with Gasteiger partial charge in [0.2, 0.25) is 5.91 Å². The van der Waals surface area contributed by atoms with Crippen LogP contribution in [0, 0.1) is 17.8 Å². The summed E-state index contributed by atoms with van der Waals surface area (Å²) in [4.78, 5) is 25.7. The zero-order chi connectivity index (χ0) is 17.5. The van der Waals surface area contributed by atoms with Gasteiger partial charge in [0.1, 0.15) is 0 Å². The summed E-state index contributed by atoms with van der Waals surface area (Å²) in [7, 11) is 1.67. The van der Waals surface area contributed by atoms with E-state index in [9.17, 15) is 9.59 Å². The van der Waals surface area contributed by atoms with Crippen molar-refractivity contribution in [2.75, 3.05) is 33.3 Å². The highest BCUT2D eigenvalue weighted by Gasteiger charge is 2.30. The van der Waals surface area contributed by atoms with Crippen LogP contribution in [0.25, 0.3) is 0 Å². The molecule has 6 nitrogen and oxygen atoms in total. The van der Waals surface area contributed by atoms with Crippen molar-refractivity contribution in [1.82, 2.24) is 15.5 Å². The number of carbonyl (C=O) groups is 2. The van der Waals surface area contributed by atoms with Crippen molar-refractivity contribution in [2.24, 2.45) is 17.8 Å². The van der Waals surface area contributed by atoms with E-state index in [0.717, 1.165) is 45.4 Å². The molecule has 2 N–H and O–H groups in total. The monoisotopic (exact) mass is 339 g/mol. The van der Waals surface area contributed by atoms with E-state index in [1.54, 1.807) is 7.05 Å². The molecule has 24 heavy (non-hydrogen) atoms. The number of rotatable bonds is 5. The van der Waals surface area contributed by atoms with E-state index in [4.69, 9.17) is 4.74 Å². The predicted molar refractivity (Wildman–Crippen MR) is 93.7 cm³/mol. The molecule has 138 valence electrons. The topological polar surface area (TPSA) is 70.7 Å². The van der Waals surface area contributed by atoms with Crippen LogP contribution in [0.4, 0.5) is 4.79 Å². The number of ether oxygens (including phenoxy) is 1. The summed E-state index contributed by atoms with van der Waals surface area (Å²) >= 11 is 0. The van der Waals surface area contributed by atoms with Crippen molar-refractivity contribution >= 4 is 11.9 Å². The van der Waals surface area contributed by atoms with E-state index in [2.05, 4.69) is 24.5 Å². The van der Waals surface area contributed by atoms with Crippen molar-refractivity contribution in [3.05, 3.63) is 0 Å². The molecule has 0 saturated carbocycles. The van der Waals surface area contributed by atoms with Gasteiger partial charge in [-0.15, -0.1) is 0 Å². The average molecular weight is 339 g/mol. The van der Waals surface area contributed by atoms with Crippen molar-refractivity contribution < 1.29 is 14.3 Å². The number of nitrogens with zero attached hydrogens (tertiary/aromatic N) is 1. The first kappa shape index (κ1) is 19.0.